The van der Waals surface area contributed by atoms with Crippen LogP contribution in [0, 0.1) is 0 Å². The minimum Gasteiger partial charge on any atom is -0.372 e. The van der Waals surface area contributed by atoms with E-state index in [-0.39, 0.29) is 42.6 Å². The van der Waals surface area contributed by atoms with Crippen molar-refractivity contribution in [2.75, 3.05) is 19.6 Å². The first-order valence-electron chi connectivity index (χ1n) is 9.59. The summed E-state index contributed by atoms with van der Waals surface area (Å²) in [5.41, 5.74) is 1.46. The SMILES string of the molecule is C[C@@H]1CN(C(=O)c2ccc(CN3C(=O)[C@@H]4CCCN4C3=O)cc2)C[C@H](C)O1. The average molecular weight is 371 g/mol. The standard InChI is InChI=1S/C20H25N3O4/c1-13-10-21(11-14(2)27-13)18(24)16-7-5-15(6-8-16)12-23-19(25)17-4-3-9-22(17)20(23)26/h5-8,13-14,17H,3-4,9-12H2,1-2H3/t13-,14+,17-/m0/s1. The van der Waals surface area contributed by atoms with Crippen molar-refractivity contribution in [3.05, 3.63) is 35.4 Å². The van der Waals surface area contributed by atoms with E-state index in [9.17, 15) is 14.4 Å². The third-order valence-corrected chi connectivity index (χ3v) is 5.53. The molecule has 0 N–H and O–H groups in total. The molecule has 3 aliphatic rings. The molecule has 3 heterocycles. The molecule has 0 unspecified atom stereocenters. The lowest BCUT2D eigenvalue weighted by Crippen LogP contribution is -2.48. The van der Waals surface area contributed by atoms with Crippen LogP contribution in [-0.2, 0) is 16.1 Å². The molecule has 0 saturated carbocycles. The van der Waals surface area contributed by atoms with Crippen LogP contribution in [0.5, 0.6) is 0 Å². The van der Waals surface area contributed by atoms with Crippen molar-refractivity contribution in [3.8, 4) is 0 Å². The summed E-state index contributed by atoms with van der Waals surface area (Å²) in [6, 6.07) is 6.72. The van der Waals surface area contributed by atoms with E-state index >= 15 is 0 Å². The van der Waals surface area contributed by atoms with Crippen molar-refractivity contribution >= 4 is 17.8 Å². The first-order valence-corrected chi connectivity index (χ1v) is 9.59. The number of carbonyl (C=O) groups excluding carboxylic acids is 3. The summed E-state index contributed by atoms with van der Waals surface area (Å²) in [5.74, 6) is -0.119. The minimum absolute atomic E-state index is 0.0162. The quantitative estimate of drug-likeness (QED) is 0.761. The van der Waals surface area contributed by atoms with Gasteiger partial charge in [0.2, 0.25) is 0 Å². The number of urea groups is 1. The number of nitrogens with zero attached hydrogens (tertiary/aromatic N) is 3. The van der Waals surface area contributed by atoms with E-state index in [1.54, 1.807) is 17.0 Å². The maximum atomic E-state index is 12.7. The number of fused-ring (bicyclic) bond motifs is 1. The highest BCUT2D eigenvalue weighted by Crippen LogP contribution is 2.28. The van der Waals surface area contributed by atoms with Gasteiger partial charge in [0.05, 0.1) is 18.8 Å². The number of ether oxygens (including phenoxy) is 1. The second-order valence-electron chi connectivity index (χ2n) is 7.72. The highest BCUT2D eigenvalue weighted by molar-refractivity contribution is 6.04. The average Bonchev–Trinajstić information content (AvgIpc) is 3.21. The summed E-state index contributed by atoms with van der Waals surface area (Å²) in [6.07, 6.45) is 1.70. The molecule has 4 amide bonds. The molecule has 1 aromatic carbocycles. The van der Waals surface area contributed by atoms with Crippen LogP contribution >= 0.6 is 0 Å². The first-order chi connectivity index (χ1) is 12.9. The van der Waals surface area contributed by atoms with Crippen LogP contribution in [0.25, 0.3) is 0 Å². The summed E-state index contributed by atoms with van der Waals surface area (Å²) in [5, 5.41) is 0. The van der Waals surface area contributed by atoms with Crippen LogP contribution in [0.4, 0.5) is 4.79 Å². The first kappa shape index (κ1) is 18.0. The zero-order valence-corrected chi connectivity index (χ0v) is 15.8. The predicted octanol–water partition coefficient (Wildman–Crippen LogP) is 1.86. The topological polar surface area (TPSA) is 70.2 Å². The van der Waals surface area contributed by atoms with Crippen molar-refractivity contribution in [1.82, 2.24) is 14.7 Å². The molecule has 4 rings (SSSR count). The second kappa shape index (κ2) is 6.96. The Morgan fingerprint density at radius 3 is 2.41 bits per heavy atom. The Balaban J connectivity index is 1.43. The van der Waals surface area contributed by atoms with Crippen LogP contribution in [0.1, 0.15) is 42.6 Å². The van der Waals surface area contributed by atoms with E-state index in [0.717, 1.165) is 18.4 Å². The number of rotatable bonds is 3. The van der Waals surface area contributed by atoms with Gasteiger partial charge < -0.3 is 14.5 Å². The lowest BCUT2D eigenvalue weighted by molar-refractivity contribution is -0.128. The molecular formula is C20H25N3O4. The molecule has 144 valence electrons. The van der Waals surface area contributed by atoms with Gasteiger partial charge in [0, 0.05) is 25.2 Å². The van der Waals surface area contributed by atoms with Crippen molar-refractivity contribution in [2.45, 2.75) is 51.5 Å². The van der Waals surface area contributed by atoms with Gasteiger partial charge in [-0.2, -0.15) is 0 Å². The predicted molar refractivity (Wildman–Crippen MR) is 98.0 cm³/mol. The fourth-order valence-corrected chi connectivity index (χ4v) is 4.29. The molecule has 0 radical (unpaired) electrons. The largest absolute Gasteiger partial charge is 0.372 e. The van der Waals surface area contributed by atoms with Gasteiger partial charge >= 0.3 is 6.03 Å². The van der Waals surface area contributed by atoms with Gasteiger partial charge in [-0.1, -0.05) is 12.1 Å². The number of benzene rings is 1. The summed E-state index contributed by atoms with van der Waals surface area (Å²) < 4.78 is 5.68. The van der Waals surface area contributed by atoms with Crippen LogP contribution in [0.3, 0.4) is 0 Å². The van der Waals surface area contributed by atoms with Crippen LogP contribution in [0.2, 0.25) is 0 Å². The minimum atomic E-state index is -0.274. The summed E-state index contributed by atoms with van der Waals surface area (Å²) in [4.78, 5) is 42.4. The summed E-state index contributed by atoms with van der Waals surface area (Å²) >= 11 is 0. The number of hydrogen-bond acceptors (Lipinski definition) is 4. The Labute approximate surface area is 158 Å². The van der Waals surface area contributed by atoms with E-state index in [4.69, 9.17) is 4.74 Å². The van der Waals surface area contributed by atoms with Crippen LogP contribution in [-0.4, -0.2) is 70.4 Å². The fraction of sp³-hybridized carbons (Fsp3) is 0.550. The molecule has 0 aromatic heterocycles. The monoisotopic (exact) mass is 371 g/mol. The van der Waals surface area contributed by atoms with Crippen molar-refractivity contribution in [2.24, 2.45) is 0 Å². The molecule has 0 spiro atoms. The molecular weight excluding hydrogens is 346 g/mol. The lowest BCUT2D eigenvalue weighted by atomic mass is 10.1. The fourth-order valence-electron chi connectivity index (χ4n) is 4.29. The number of carbonyl (C=O) groups is 3. The molecule has 27 heavy (non-hydrogen) atoms. The Morgan fingerprint density at radius 2 is 1.78 bits per heavy atom. The lowest BCUT2D eigenvalue weighted by Gasteiger charge is -2.35. The zero-order valence-electron chi connectivity index (χ0n) is 15.8. The molecule has 7 heteroatoms. The maximum Gasteiger partial charge on any atom is 0.327 e. The van der Waals surface area contributed by atoms with Gasteiger partial charge in [0.15, 0.2) is 0 Å². The van der Waals surface area contributed by atoms with Gasteiger partial charge in [-0.25, -0.2) is 4.79 Å². The molecule has 7 nitrogen and oxygen atoms in total. The zero-order chi connectivity index (χ0) is 19.1. The Bertz CT molecular complexity index is 731. The van der Waals surface area contributed by atoms with Gasteiger partial charge in [0.1, 0.15) is 6.04 Å². The van der Waals surface area contributed by atoms with Gasteiger partial charge in [0.25, 0.3) is 11.8 Å². The van der Waals surface area contributed by atoms with Gasteiger partial charge in [-0.15, -0.1) is 0 Å². The molecule has 0 aliphatic carbocycles. The van der Waals surface area contributed by atoms with Crippen LogP contribution < -0.4 is 0 Å². The number of hydrogen-bond donors (Lipinski definition) is 0. The van der Waals surface area contributed by atoms with Gasteiger partial charge in [-0.3, -0.25) is 14.5 Å². The summed E-state index contributed by atoms with van der Waals surface area (Å²) in [6.45, 7) is 6.02. The number of amides is 4. The van der Waals surface area contributed by atoms with Crippen molar-refractivity contribution in [3.63, 3.8) is 0 Å². The van der Waals surface area contributed by atoms with Crippen LogP contribution in [0.15, 0.2) is 24.3 Å². The number of imide groups is 1. The van der Waals surface area contributed by atoms with Crippen molar-refractivity contribution in [1.29, 1.82) is 0 Å². The number of morpholine rings is 1. The van der Waals surface area contributed by atoms with Gasteiger partial charge in [-0.05, 0) is 44.4 Å². The Kier molecular flexibility index (Phi) is 4.63. The smallest absolute Gasteiger partial charge is 0.327 e. The third-order valence-electron chi connectivity index (χ3n) is 5.53. The Morgan fingerprint density at radius 1 is 1.11 bits per heavy atom. The van der Waals surface area contributed by atoms with E-state index in [1.807, 2.05) is 30.9 Å². The van der Waals surface area contributed by atoms with E-state index in [0.29, 0.717) is 25.2 Å². The summed E-state index contributed by atoms with van der Waals surface area (Å²) in [7, 11) is 0. The molecule has 3 aliphatic heterocycles. The molecule has 3 saturated heterocycles. The van der Waals surface area contributed by atoms with E-state index in [1.165, 1.54) is 4.90 Å². The molecule has 3 atom stereocenters. The molecule has 3 fully saturated rings. The van der Waals surface area contributed by atoms with E-state index < -0.39 is 0 Å². The normalized spacial score (nSPS) is 28.1. The maximum absolute atomic E-state index is 12.7. The highest BCUT2D eigenvalue weighted by Gasteiger charge is 2.47. The second-order valence-corrected chi connectivity index (χ2v) is 7.72. The van der Waals surface area contributed by atoms with E-state index in [2.05, 4.69) is 0 Å². The highest BCUT2D eigenvalue weighted by atomic mass is 16.5. The molecule has 1 aromatic rings. The Hall–Kier alpha value is -2.41. The van der Waals surface area contributed by atoms with Crippen molar-refractivity contribution < 1.29 is 19.1 Å². The third kappa shape index (κ3) is 3.32. The molecule has 0 bridgehead atoms.